The average molecular weight is 348 g/mol. The molecule has 4 rings (SSSR count). The van der Waals surface area contributed by atoms with Crippen molar-refractivity contribution in [1.29, 1.82) is 0 Å². The van der Waals surface area contributed by atoms with Gasteiger partial charge in [0.15, 0.2) is 0 Å². The molecule has 0 saturated heterocycles. The fraction of sp³-hybridized carbons (Fsp3) is 0.800. The fourth-order valence-corrected chi connectivity index (χ4v) is 7.85. The number of carboxylic acid groups (broad SMARTS) is 2. The molecule has 2 bridgehead atoms. The maximum absolute atomic E-state index is 12.4. The highest BCUT2D eigenvalue weighted by Gasteiger charge is 2.76. The Kier molecular flexibility index (Phi) is 3.33. The molecule has 0 aromatic carbocycles. The van der Waals surface area contributed by atoms with Crippen LogP contribution in [0.25, 0.3) is 0 Å². The minimum Gasteiger partial charge on any atom is -0.481 e. The maximum Gasteiger partial charge on any atom is 0.309 e. The third kappa shape index (κ3) is 1.83. The molecular weight excluding hydrogens is 320 g/mol. The van der Waals surface area contributed by atoms with Gasteiger partial charge in [0.25, 0.3) is 0 Å². The van der Waals surface area contributed by atoms with E-state index in [1.807, 2.05) is 0 Å². The molecule has 0 aromatic rings. The van der Waals surface area contributed by atoms with E-state index in [-0.39, 0.29) is 17.3 Å². The summed E-state index contributed by atoms with van der Waals surface area (Å²) in [6, 6.07) is 0. The molecule has 0 heterocycles. The molecule has 1 unspecified atom stereocenters. The number of carbonyl (C=O) groups is 2. The van der Waals surface area contributed by atoms with Gasteiger partial charge in [0.05, 0.1) is 17.4 Å². The molecule has 4 aliphatic rings. The SMILES string of the molecule is C=C1CC23C[C@H]1[C@H](O)C[C@H]2[C@@]1(C)CCC[C@@](C)(C(=O)O)[C@H]1[C@@H]3C(=O)O. The molecule has 0 amide bonds. The molecule has 8 atom stereocenters. The Hall–Kier alpha value is -1.36. The number of fused-ring (bicyclic) bond motifs is 3. The van der Waals surface area contributed by atoms with Gasteiger partial charge in [-0.25, -0.2) is 0 Å². The fourth-order valence-electron chi connectivity index (χ4n) is 7.85. The van der Waals surface area contributed by atoms with Gasteiger partial charge in [0.1, 0.15) is 0 Å². The first kappa shape index (κ1) is 17.1. The smallest absolute Gasteiger partial charge is 0.309 e. The zero-order chi connectivity index (χ0) is 18.4. The Labute approximate surface area is 148 Å². The predicted molar refractivity (Wildman–Crippen MR) is 90.7 cm³/mol. The molecule has 138 valence electrons. The summed E-state index contributed by atoms with van der Waals surface area (Å²) in [5, 5.41) is 30.9. The minimum atomic E-state index is -1.02. The van der Waals surface area contributed by atoms with Crippen LogP contribution in [0.3, 0.4) is 0 Å². The Morgan fingerprint density at radius 1 is 1.20 bits per heavy atom. The summed E-state index contributed by atoms with van der Waals surface area (Å²) in [5.74, 6) is -2.78. The average Bonchev–Trinajstić information content (AvgIpc) is 2.92. The van der Waals surface area contributed by atoms with Crippen molar-refractivity contribution >= 4 is 11.9 Å². The van der Waals surface area contributed by atoms with Crippen molar-refractivity contribution in [3.8, 4) is 0 Å². The Bertz CT molecular complexity index is 671. The van der Waals surface area contributed by atoms with Crippen molar-refractivity contribution < 1.29 is 24.9 Å². The molecule has 3 N–H and O–H groups in total. The second-order valence-corrected chi connectivity index (χ2v) is 9.61. The Morgan fingerprint density at radius 3 is 2.48 bits per heavy atom. The topological polar surface area (TPSA) is 94.8 Å². The van der Waals surface area contributed by atoms with Gasteiger partial charge in [0.2, 0.25) is 0 Å². The third-order valence-corrected chi connectivity index (χ3v) is 8.63. The Balaban J connectivity index is 1.93. The van der Waals surface area contributed by atoms with E-state index in [9.17, 15) is 24.9 Å². The molecule has 0 aliphatic heterocycles. The van der Waals surface area contributed by atoms with Gasteiger partial charge in [0, 0.05) is 5.92 Å². The molecule has 5 nitrogen and oxygen atoms in total. The second-order valence-electron chi connectivity index (χ2n) is 9.61. The summed E-state index contributed by atoms with van der Waals surface area (Å²) >= 11 is 0. The van der Waals surface area contributed by atoms with Gasteiger partial charge in [-0.05, 0) is 61.7 Å². The van der Waals surface area contributed by atoms with E-state index >= 15 is 0 Å². The van der Waals surface area contributed by atoms with Crippen LogP contribution in [0, 0.1) is 39.9 Å². The van der Waals surface area contributed by atoms with Gasteiger partial charge in [-0.2, -0.15) is 0 Å². The van der Waals surface area contributed by atoms with Crippen LogP contribution in [0.2, 0.25) is 0 Å². The summed E-state index contributed by atoms with van der Waals surface area (Å²) in [5.41, 5.74) is -0.856. The van der Waals surface area contributed by atoms with E-state index in [2.05, 4.69) is 13.5 Å². The lowest BCUT2D eigenvalue weighted by Crippen LogP contribution is -2.50. The maximum atomic E-state index is 12.4. The first-order valence-electron chi connectivity index (χ1n) is 9.40. The van der Waals surface area contributed by atoms with E-state index in [4.69, 9.17) is 0 Å². The zero-order valence-electron chi connectivity index (χ0n) is 15.0. The van der Waals surface area contributed by atoms with Crippen molar-refractivity contribution in [2.75, 3.05) is 0 Å². The van der Waals surface area contributed by atoms with E-state index < -0.39 is 40.7 Å². The molecule has 1 spiro atoms. The quantitative estimate of drug-likeness (QED) is 0.667. The van der Waals surface area contributed by atoms with Gasteiger partial charge in [-0.15, -0.1) is 0 Å². The summed E-state index contributed by atoms with van der Waals surface area (Å²) in [7, 11) is 0. The third-order valence-electron chi connectivity index (χ3n) is 8.63. The number of hydrogen-bond donors (Lipinski definition) is 3. The monoisotopic (exact) mass is 348 g/mol. The van der Waals surface area contributed by atoms with E-state index in [0.29, 0.717) is 25.7 Å². The molecular formula is C20H28O5. The van der Waals surface area contributed by atoms with Crippen molar-refractivity contribution in [3.05, 3.63) is 12.2 Å². The molecule has 0 aromatic heterocycles. The summed E-state index contributed by atoms with van der Waals surface area (Å²) in [4.78, 5) is 24.7. The van der Waals surface area contributed by atoms with Crippen molar-refractivity contribution in [2.45, 2.75) is 58.5 Å². The van der Waals surface area contributed by atoms with Crippen LogP contribution in [0.15, 0.2) is 12.2 Å². The number of aliphatic carboxylic acids is 2. The van der Waals surface area contributed by atoms with Crippen molar-refractivity contribution in [3.63, 3.8) is 0 Å². The van der Waals surface area contributed by atoms with Gasteiger partial charge in [-0.3, -0.25) is 9.59 Å². The summed E-state index contributed by atoms with van der Waals surface area (Å²) in [6.45, 7) is 7.99. The van der Waals surface area contributed by atoms with Crippen LogP contribution in [0.5, 0.6) is 0 Å². The molecule has 4 aliphatic carbocycles. The van der Waals surface area contributed by atoms with E-state index in [1.165, 1.54) is 0 Å². The van der Waals surface area contributed by atoms with Crippen LogP contribution in [0.4, 0.5) is 0 Å². The molecule has 0 radical (unpaired) electrons. The normalized spacial score (nSPS) is 54.0. The van der Waals surface area contributed by atoms with Gasteiger partial charge < -0.3 is 15.3 Å². The predicted octanol–water partition coefficient (Wildman–Crippen LogP) is 2.93. The number of rotatable bonds is 2. The Morgan fingerprint density at radius 2 is 1.88 bits per heavy atom. The standard InChI is InChI=1S/C20H28O5/c1-10-8-20-9-11(10)12(21)7-13(20)18(2)5-4-6-19(3,17(24)25)15(18)14(20)16(22)23/h11-15,21H,1,4-9H2,2-3H3,(H,22,23)(H,24,25)/t11-,12-,13+,14-,15+,18-,19-,20?/m1/s1. The second kappa shape index (κ2) is 4.87. The largest absolute Gasteiger partial charge is 0.481 e. The van der Waals surface area contributed by atoms with E-state index in [0.717, 1.165) is 18.4 Å². The molecule has 5 heteroatoms. The highest BCUT2D eigenvalue weighted by Crippen LogP contribution is 2.77. The van der Waals surface area contributed by atoms with Crippen LogP contribution >= 0.6 is 0 Å². The number of hydrogen-bond acceptors (Lipinski definition) is 3. The first-order valence-corrected chi connectivity index (χ1v) is 9.40. The zero-order valence-corrected chi connectivity index (χ0v) is 15.0. The van der Waals surface area contributed by atoms with Gasteiger partial charge in [-0.1, -0.05) is 25.5 Å². The highest BCUT2D eigenvalue weighted by atomic mass is 16.4. The number of carboxylic acids is 2. The number of aliphatic hydroxyl groups is 1. The summed E-state index contributed by atoms with van der Waals surface area (Å²) in [6.07, 6.45) is 3.55. The van der Waals surface area contributed by atoms with Crippen LogP contribution < -0.4 is 0 Å². The number of aliphatic hydroxyl groups excluding tert-OH is 1. The van der Waals surface area contributed by atoms with Gasteiger partial charge >= 0.3 is 11.9 Å². The summed E-state index contributed by atoms with van der Waals surface area (Å²) < 4.78 is 0. The minimum absolute atomic E-state index is 0.0297. The molecule has 4 fully saturated rings. The van der Waals surface area contributed by atoms with E-state index in [1.54, 1.807) is 6.92 Å². The van der Waals surface area contributed by atoms with Crippen LogP contribution in [-0.2, 0) is 9.59 Å². The van der Waals surface area contributed by atoms with Crippen molar-refractivity contribution in [1.82, 2.24) is 0 Å². The molecule has 25 heavy (non-hydrogen) atoms. The molecule has 4 saturated carbocycles. The lowest BCUT2D eigenvalue weighted by Gasteiger charge is -2.50. The van der Waals surface area contributed by atoms with Crippen LogP contribution in [0.1, 0.15) is 52.4 Å². The first-order chi connectivity index (χ1) is 11.6. The highest BCUT2D eigenvalue weighted by molar-refractivity contribution is 5.79. The lowest BCUT2D eigenvalue weighted by atomic mass is 9.53. The lowest BCUT2D eigenvalue weighted by molar-refractivity contribution is -0.166. The van der Waals surface area contributed by atoms with Crippen LogP contribution in [-0.4, -0.2) is 33.4 Å². The van der Waals surface area contributed by atoms with Crippen molar-refractivity contribution in [2.24, 2.45) is 39.9 Å².